The number of carbonyl (C=O) groups excluding carboxylic acids is 1. The van der Waals surface area contributed by atoms with Gasteiger partial charge in [-0.25, -0.2) is 0 Å². The highest BCUT2D eigenvalue weighted by Gasteiger charge is 2.07. The summed E-state index contributed by atoms with van der Waals surface area (Å²) >= 11 is 6.06. The second-order valence-electron chi connectivity index (χ2n) is 4.67. The van der Waals surface area contributed by atoms with Crippen molar-refractivity contribution in [3.63, 3.8) is 0 Å². The molecule has 3 N–H and O–H groups in total. The summed E-state index contributed by atoms with van der Waals surface area (Å²) in [6.45, 7) is 2.34. The van der Waals surface area contributed by atoms with Gasteiger partial charge in [-0.2, -0.15) is 0 Å². The van der Waals surface area contributed by atoms with E-state index in [0.717, 1.165) is 11.1 Å². The van der Waals surface area contributed by atoms with E-state index in [-0.39, 0.29) is 12.5 Å². The number of nitrogens with two attached hydrogens (primary N) is 1. The van der Waals surface area contributed by atoms with Crippen LogP contribution in [0.3, 0.4) is 0 Å². The molecule has 0 aromatic heterocycles. The fourth-order valence-electron chi connectivity index (χ4n) is 1.78. The highest BCUT2D eigenvalue weighted by Crippen LogP contribution is 2.22. The number of nitrogens with one attached hydrogen (secondary N) is 1. The molecule has 0 heterocycles. The van der Waals surface area contributed by atoms with Gasteiger partial charge in [-0.05, 0) is 42.3 Å². The van der Waals surface area contributed by atoms with Crippen LogP contribution in [0.5, 0.6) is 5.75 Å². The molecule has 0 saturated carbocycles. The van der Waals surface area contributed by atoms with Gasteiger partial charge in [-0.3, -0.25) is 4.79 Å². The lowest BCUT2D eigenvalue weighted by Gasteiger charge is -2.09. The number of rotatable bonds is 5. The monoisotopic (exact) mass is 304 g/mol. The fraction of sp³-hybridized carbons (Fsp3) is 0.188. The largest absolute Gasteiger partial charge is 0.484 e. The first kappa shape index (κ1) is 15.4. The Bertz CT molecular complexity index is 627. The van der Waals surface area contributed by atoms with E-state index in [1.165, 1.54) is 0 Å². The molecule has 2 aromatic carbocycles. The molecule has 21 heavy (non-hydrogen) atoms. The lowest BCUT2D eigenvalue weighted by atomic mass is 10.2. The van der Waals surface area contributed by atoms with Crippen LogP contribution in [-0.4, -0.2) is 12.5 Å². The molecule has 110 valence electrons. The minimum absolute atomic E-state index is 0.0772. The van der Waals surface area contributed by atoms with E-state index in [0.29, 0.717) is 23.0 Å². The molecule has 0 aliphatic carbocycles. The van der Waals surface area contributed by atoms with Crippen molar-refractivity contribution in [3.05, 3.63) is 58.6 Å². The van der Waals surface area contributed by atoms with Crippen molar-refractivity contribution in [2.45, 2.75) is 13.5 Å². The molecule has 1 amide bonds. The normalized spacial score (nSPS) is 10.2. The lowest BCUT2D eigenvalue weighted by Crippen LogP contribution is -2.20. The van der Waals surface area contributed by atoms with Crippen LogP contribution in [0.1, 0.15) is 11.1 Å². The molecule has 0 bridgehead atoms. The average Bonchev–Trinajstić information content (AvgIpc) is 2.48. The number of aryl methyl sites for hydroxylation is 1. The summed E-state index contributed by atoms with van der Waals surface area (Å²) in [5.41, 5.74) is 8.14. The lowest BCUT2D eigenvalue weighted by molar-refractivity contribution is -0.118. The summed E-state index contributed by atoms with van der Waals surface area (Å²) in [7, 11) is 0. The molecular formula is C16H17ClN2O2. The van der Waals surface area contributed by atoms with Gasteiger partial charge in [0, 0.05) is 6.54 Å². The Labute approximate surface area is 128 Å². The Kier molecular flexibility index (Phi) is 5.20. The maximum Gasteiger partial charge on any atom is 0.262 e. The van der Waals surface area contributed by atoms with E-state index in [2.05, 4.69) is 5.32 Å². The first-order valence-electron chi connectivity index (χ1n) is 6.56. The molecule has 0 aliphatic rings. The molecule has 0 unspecified atom stereocenters. The molecular weight excluding hydrogens is 288 g/mol. The number of carbonyl (C=O) groups is 1. The number of hydrogen-bond donors (Lipinski definition) is 2. The zero-order chi connectivity index (χ0) is 15.2. The Morgan fingerprint density at radius 3 is 2.57 bits per heavy atom. The summed E-state index contributed by atoms with van der Waals surface area (Å²) in [4.78, 5) is 11.8. The van der Waals surface area contributed by atoms with Gasteiger partial charge in [-0.15, -0.1) is 0 Å². The van der Waals surface area contributed by atoms with Crippen LogP contribution in [0.4, 0.5) is 5.69 Å². The van der Waals surface area contributed by atoms with Gasteiger partial charge in [0.1, 0.15) is 5.75 Å². The Hall–Kier alpha value is -2.04. The second kappa shape index (κ2) is 7.11. The van der Waals surface area contributed by atoms with Crippen molar-refractivity contribution < 1.29 is 9.53 Å². The maximum atomic E-state index is 11.8. The maximum absolute atomic E-state index is 11.8. The number of amides is 1. The van der Waals surface area contributed by atoms with Crippen LogP contribution in [0.15, 0.2) is 42.5 Å². The molecule has 2 rings (SSSR count). The summed E-state index contributed by atoms with van der Waals surface area (Å²) < 4.78 is 5.41. The number of halogens is 1. The van der Waals surface area contributed by atoms with Gasteiger partial charge < -0.3 is 15.8 Å². The molecule has 4 nitrogen and oxygen atoms in total. The van der Waals surface area contributed by atoms with Crippen LogP contribution >= 0.6 is 11.6 Å². The van der Waals surface area contributed by atoms with E-state index in [1.54, 1.807) is 24.3 Å². The zero-order valence-corrected chi connectivity index (χ0v) is 12.5. The molecule has 0 saturated heterocycles. The second-order valence-corrected chi connectivity index (χ2v) is 5.08. The molecule has 5 heteroatoms. The van der Waals surface area contributed by atoms with Crippen LogP contribution in [0.2, 0.25) is 5.02 Å². The first-order valence-corrected chi connectivity index (χ1v) is 6.94. The van der Waals surface area contributed by atoms with E-state index in [4.69, 9.17) is 22.1 Å². The van der Waals surface area contributed by atoms with Crippen LogP contribution in [0, 0.1) is 6.92 Å². The topological polar surface area (TPSA) is 64.3 Å². The van der Waals surface area contributed by atoms with Crippen molar-refractivity contribution in [1.82, 2.24) is 0 Å². The summed E-state index contributed by atoms with van der Waals surface area (Å²) in [6.07, 6.45) is 0. The first-order chi connectivity index (χ1) is 10.1. The third-order valence-corrected chi connectivity index (χ3v) is 3.24. The van der Waals surface area contributed by atoms with E-state index >= 15 is 0 Å². The number of benzene rings is 2. The number of anilines is 1. The predicted octanol–water partition coefficient (Wildman–Crippen LogP) is 3.12. The van der Waals surface area contributed by atoms with Gasteiger partial charge in [0.2, 0.25) is 0 Å². The predicted molar refractivity (Wildman–Crippen MR) is 84.6 cm³/mol. The van der Waals surface area contributed by atoms with Crippen molar-refractivity contribution in [1.29, 1.82) is 0 Å². The Balaban J connectivity index is 1.89. The van der Waals surface area contributed by atoms with E-state index in [9.17, 15) is 4.79 Å². The smallest absolute Gasteiger partial charge is 0.262 e. The highest BCUT2D eigenvalue weighted by molar-refractivity contribution is 6.33. The minimum Gasteiger partial charge on any atom is -0.484 e. The van der Waals surface area contributed by atoms with E-state index < -0.39 is 0 Å². The van der Waals surface area contributed by atoms with Crippen molar-refractivity contribution >= 4 is 23.2 Å². The zero-order valence-electron chi connectivity index (χ0n) is 11.7. The van der Waals surface area contributed by atoms with Crippen LogP contribution in [-0.2, 0) is 11.3 Å². The number of hydrogen-bond acceptors (Lipinski definition) is 3. The molecule has 2 aromatic rings. The van der Waals surface area contributed by atoms with E-state index in [1.807, 2.05) is 25.1 Å². The van der Waals surface area contributed by atoms with Gasteiger partial charge in [-0.1, -0.05) is 29.8 Å². The van der Waals surface area contributed by atoms with Crippen LogP contribution in [0.25, 0.3) is 0 Å². The fourth-order valence-corrected chi connectivity index (χ4v) is 2.06. The third kappa shape index (κ3) is 4.48. The average molecular weight is 305 g/mol. The molecule has 0 spiro atoms. The standard InChI is InChI=1S/C16H17ClN2O2/c1-11-2-7-15(14(17)8-11)19-16(20)10-21-13-5-3-12(9-18)4-6-13/h2-8H,9-10,18H2,1H3,(H,19,20). The van der Waals surface area contributed by atoms with Crippen LogP contribution < -0.4 is 15.8 Å². The molecule has 0 aliphatic heterocycles. The summed E-state index contributed by atoms with van der Waals surface area (Å²) in [6, 6.07) is 12.7. The molecule has 0 fully saturated rings. The summed E-state index contributed by atoms with van der Waals surface area (Å²) in [5.74, 6) is 0.362. The van der Waals surface area contributed by atoms with Crippen molar-refractivity contribution in [3.8, 4) is 5.75 Å². The van der Waals surface area contributed by atoms with Gasteiger partial charge >= 0.3 is 0 Å². The van der Waals surface area contributed by atoms with Gasteiger partial charge in [0.15, 0.2) is 6.61 Å². The minimum atomic E-state index is -0.261. The quantitative estimate of drug-likeness (QED) is 0.892. The SMILES string of the molecule is Cc1ccc(NC(=O)COc2ccc(CN)cc2)c(Cl)c1. The number of ether oxygens (including phenoxy) is 1. The molecule has 0 radical (unpaired) electrons. The molecule has 0 atom stereocenters. The van der Waals surface area contributed by atoms with Gasteiger partial charge in [0.05, 0.1) is 10.7 Å². The van der Waals surface area contributed by atoms with Crippen molar-refractivity contribution in [2.75, 3.05) is 11.9 Å². The van der Waals surface area contributed by atoms with Crippen molar-refractivity contribution in [2.24, 2.45) is 5.73 Å². The Morgan fingerprint density at radius 2 is 1.95 bits per heavy atom. The van der Waals surface area contributed by atoms with Gasteiger partial charge in [0.25, 0.3) is 5.91 Å². The highest BCUT2D eigenvalue weighted by atomic mass is 35.5. The Morgan fingerprint density at radius 1 is 1.24 bits per heavy atom. The summed E-state index contributed by atoms with van der Waals surface area (Å²) in [5, 5.41) is 3.22. The third-order valence-electron chi connectivity index (χ3n) is 2.93.